The third-order valence-corrected chi connectivity index (χ3v) is 4.65. The molecular formula is C20H25FN4O2. The Morgan fingerprint density at radius 2 is 2.04 bits per heavy atom. The summed E-state index contributed by atoms with van der Waals surface area (Å²) in [6, 6.07) is 10.6. The summed E-state index contributed by atoms with van der Waals surface area (Å²) in [5.74, 6) is 0.479. The highest BCUT2D eigenvalue weighted by molar-refractivity contribution is 5.94. The molecule has 0 unspecified atom stereocenters. The van der Waals surface area contributed by atoms with Gasteiger partial charge in [-0.2, -0.15) is 0 Å². The number of nitrogens with one attached hydrogen (secondary N) is 2. The molecule has 27 heavy (non-hydrogen) atoms. The minimum absolute atomic E-state index is 0.154. The van der Waals surface area contributed by atoms with Crippen LogP contribution < -0.4 is 15.5 Å². The first-order valence-electron chi connectivity index (χ1n) is 9.16. The number of benzene rings is 1. The number of halogens is 1. The number of pyridine rings is 1. The summed E-state index contributed by atoms with van der Waals surface area (Å²) in [5.41, 5.74) is 1.09. The topological polar surface area (TPSA) is 66.5 Å². The van der Waals surface area contributed by atoms with Gasteiger partial charge >= 0.3 is 0 Å². The lowest BCUT2D eigenvalue weighted by molar-refractivity contribution is 0.0937. The molecule has 1 aromatic heterocycles. The van der Waals surface area contributed by atoms with E-state index in [1.165, 1.54) is 6.07 Å². The van der Waals surface area contributed by atoms with Crippen LogP contribution in [0.1, 0.15) is 23.2 Å². The van der Waals surface area contributed by atoms with E-state index in [2.05, 4.69) is 20.5 Å². The van der Waals surface area contributed by atoms with Crippen LogP contribution in [-0.2, 0) is 4.74 Å². The van der Waals surface area contributed by atoms with Gasteiger partial charge in [0.1, 0.15) is 11.6 Å². The first kappa shape index (κ1) is 19.1. The second-order valence-electron chi connectivity index (χ2n) is 6.54. The van der Waals surface area contributed by atoms with Crippen molar-refractivity contribution in [3.05, 3.63) is 54.0 Å². The first-order chi connectivity index (χ1) is 13.2. The predicted octanol–water partition coefficient (Wildman–Crippen LogP) is 2.68. The number of piperidine rings is 1. The molecule has 1 fully saturated rings. The van der Waals surface area contributed by atoms with E-state index in [1.54, 1.807) is 31.5 Å². The third-order valence-electron chi connectivity index (χ3n) is 4.65. The highest BCUT2D eigenvalue weighted by Gasteiger charge is 2.21. The number of nitrogens with zero attached hydrogens (tertiary/aromatic N) is 2. The molecule has 3 rings (SSSR count). The Morgan fingerprint density at radius 3 is 2.70 bits per heavy atom. The lowest BCUT2D eigenvalue weighted by atomic mass is 10.0. The van der Waals surface area contributed by atoms with Crippen LogP contribution in [0, 0.1) is 5.82 Å². The minimum atomic E-state index is -0.221. The summed E-state index contributed by atoms with van der Waals surface area (Å²) < 4.78 is 18.7. The van der Waals surface area contributed by atoms with Gasteiger partial charge in [0.15, 0.2) is 0 Å². The highest BCUT2D eigenvalue weighted by Crippen LogP contribution is 2.22. The highest BCUT2D eigenvalue weighted by atomic mass is 19.1. The van der Waals surface area contributed by atoms with Crippen molar-refractivity contribution in [1.29, 1.82) is 0 Å². The molecule has 0 atom stereocenters. The van der Waals surface area contributed by atoms with Crippen LogP contribution in [0.2, 0.25) is 0 Å². The molecule has 1 saturated heterocycles. The molecular weight excluding hydrogens is 347 g/mol. The average Bonchev–Trinajstić information content (AvgIpc) is 2.70. The van der Waals surface area contributed by atoms with Gasteiger partial charge in [0.05, 0.1) is 17.9 Å². The molecule has 6 nitrogen and oxygen atoms in total. The molecule has 144 valence electrons. The molecule has 7 heteroatoms. The van der Waals surface area contributed by atoms with Gasteiger partial charge in [-0.1, -0.05) is 12.1 Å². The number of amides is 1. The first-order valence-corrected chi connectivity index (χ1v) is 9.16. The summed E-state index contributed by atoms with van der Waals surface area (Å²) in [6.07, 6.45) is 3.39. The largest absolute Gasteiger partial charge is 0.383 e. The molecule has 0 aliphatic carbocycles. The van der Waals surface area contributed by atoms with Crippen LogP contribution in [0.25, 0.3) is 0 Å². The average molecular weight is 372 g/mol. The quantitative estimate of drug-likeness (QED) is 0.732. The number of hydrogen-bond acceptors (Lipinski definition) is 5. The van der Waals surface area contributed by atoms with Crippen LogP contribution in [0.4, 0.5) is 15.9 Å². The number of ether oxygens (including phenoxy) is 1. The molecule has 1 aliphatic rings. The van der Waals surface area contributed by atoms with Crippen molar-refractivity contribution < 1.29 is 13.9 Å². The van der Waals surface area contributed by atoms with Crippen LogP contribution >= 0.6 is 0 Å². The van der Waals surface area contributed by atoms with Crippen molar-refractivity contribution in [2.75, 3.05) is 43.6 Å². The summed E-state index contributed by atoms with van der Waals surface area (Å²) in [4.78, 5) is 18.6. The Bertz CT molecular complexity index is 746. The monoisotopic (exact) mass is 372 g/mol. The Kier molecular flexibility index (Phi) is 6.59. The van der Waals surface area contributed by atoms with Crippen LogP contribution in [0.3, 0.4) is 0 Å². The maximum Gasteiger partial charge on any atom is 0.252 e. The molecule has 0 radical (unpaired) electrons. The lowest BCUT2D eigenvalue weighted by Gasteiger charge is -2.33. The summed E-state index contributed by atoms with van der Waals surface area (Å²) >= 11 is 0. The molecule has 0 spiro atoms. The van der Waals surface area contributed by atoms with Crippen molar-refractivity contribution in [1.82, 2.24) is 10.3 Å². The van der Waals surface area contributed by atoms with E-state index in [0.29, 0.717) is 24.4 Å². The van der Waals surface area contributed by atoms with Gasteiger partial charge in [0, 0.05) is 39.0 Å². The Morgan fingerprint density at radius 1 is 1.26 bits per heavy atom. The van der Waals surface area contributed by atoms with Crippen LogP contribution in [0.5, 0.6) is 0 Å². The van der Waals surface area contributed by atoms with E-state index in [-0.39, 0.29) is 17.8 Å². The lowest BCUT2D eigenvalue weighted by Crippen LogP contribution is -2.39. The zero-order valence-electron chi connectivity index (χ0n) is 15.5. The molecule has 0 saturated carbocycles. The van der Waals surface area contributed by atoms with Crippen molar-refractivity contribution in [2.24, 2.45) is 0 Å². The third kappa shape index (κ3) is 5.17. The summed E-state index contributed by atoms with van der Waals surface area (Å²) in [5, 5.41) is 6.06. The zero-order valence-corrected chi connectivity index (χ0v) is 15.5. The standard InChI is InChI=1S/C20H25FN4O2/c1-27-13-10-22-20(26)15-6-7-19(23-14-15)25-11-8-16(9-12-25)24-18-5-3-2-4-17(18)21/h2-7,14,16,24H,8-13H2,1H3,(H,22,26). The molecule has 2 heterocycles. The number of methoxy groups -OCH3 is 1. The molecule has 1 aliphatic heterocycles. The van der Waals surface area contributed by atoms with E-state index in [1.807, 2.05) is 12.1 Å². The van der Waals surface area contributed by atoms with E-state index in [4.69, 9.17) is 4.74 Å². The van der Waals surface area contributed by atoms with E-state index < -0.39 is 0 Å². The minimum Gasteiger partial charge on any atom is -0.383 e. The van der Waals surface area contributed by atoms with Crippen molar-refractivity contribution in [2.45, 2.75) is 18.9 Å². The van der Waals surface area contributed by atoms with Crippen LogP contribution in [0.15, 0.2) is 42.6 Å². The number of aromatic nitrogens is 1. The van der Waals surface area contributed by atoms with Gasteiger partial charge < -0.3 is 20.3 Å². The molecule has 2 N–H and O–H groups in total. The Hall–Kier alpha value is -2.67. The predicted molar refractivity (Wildman–Crippen MR) is 104 cm³/mol. The van der Waals surface area contributed by atoms with Crippen molar-refractivity contribution in [3.63, 3.8) is 0 Å². The summed E-state index contributed by atoms with van der Waals surface area (Å²) in [7, 11) is 1.59. The zero-order chi connectivity index (χ0) is 19.1. The van der Waals surface area contributed by atoms with E-state index >= 15 is 0 Å². The maximum atomic E-state index is 13.8. The number of carbonyl (C=O) groups is 1. The van der Waals surface area contributed by atoms with Gasteiger partial charge in [-0.25, -0.2) is 9.37 Å². The number of carbonyl (C=O) groups excluding carboxylic acids is 1. The number of anilines is 2. The summed E-state index contributed by atoms with van der Waals surface area (Å²) in [6.45, 7) is 2.61. The molecule has 1 amide bonds. The van der Waals surface area contributed by atoms with Crippen LogP contribution in [-0.4, -0.2) is 50.3 Å². The maximum absolute atomic E-state index is 13.8. The van der Waals surface area contributed by atoms with Crippen molar-refractivity contribution in [3.8, 4) is 0 Å². The van der Waals surface area contributed by atoms with Crippen molar-refractivity contribution >= 4 is 17.4 Å². The number of rotatable bonds is 7. The second-order valence-corrected chi connectivity index (χ2v) is 6.54. The van der Waals surface area contributed by atoms with Gasteiger partial charge in [-0.3, -0.25) is 4.79 Å². The van der Waals surface area contributed by atoms with E-state index in [0.717, 1.165) is 31.7 Å². The second kappa shape index (κ2) is 9.32. The number of para-hydroxylation sites is 1. The SMILES string of the molecule is COCCNC(=O)c1ccc(N2CCC(Nc3ccccc3F)CC2)nc1. The number of hydrogen-bond donors (Lipinski definition) is 2. The molecule has 0 bridgehead atoms. The van der Waals surface area contributed by atoms with E-state index in [9.17, 15) is 9.18 Å². The van der Waals surface area contributed by atoms with Gasteiger partial charge in [0.2, 0.25) is 0 Å². The fourth-order valence-corrected chi connectivity index (χ4v) is 3.13. The smallest absolute Gasteiger partial charge is 0.252 e. The van der Waals surface area contributed by atoms with Gasteiger partial charge in [-0.15, -0.1) is 0 Å². The molecule has 1 aromatic carbocycles. The Labute approximate surface area is 158 Å². The fraction of sp³-hybridized carbons (Fsp3) is 0.400. The van der Waals surface area contributed by atoms with Gasteiger partial charge in [-0.05, 0) is 37.1 Å². The molecule has 2 aromatic rings. The van der Waals surface area contributed by atoms with Gasteiger partial charge in [0.25, 0.3) is 5.91 Å². The normalized spacial score (nSPS) is 14.8. The Balaban J connectivity index is 1.50. The fourth-order valence-electron chi connectivity index (χ4n) is 3.13.